The van der Waals surface area contributed by atoms with Crippen LogP contribution in [0.3, 0.4) is 0 Å². The van der Waals surface area contributed by atoms with Crippen LogP contribution in [0, 0.1) is 0 Å². The van der Waals surface area contributed by atoms with Crippen molar-refractivity contribution in [1.29, 1.82) is 0 Å². The Morgan fingerprint density at radius 3 is 1.86 bits per heavy atom. The fourth-order valence-corrected chi connectivity index (χ4v) is 8.15. The second-order valence-corrected chi connectivity index (χ2v) is 14.2. The third kappa shape index (κ3) is 5.42. The summed E-state index contributed by atoms with van der Waals surface area (Å²) >= 11 is 0. The van der Waals surface area contributed by atoms with Crippen LogP contribution in [-0.2, 0) is 0 Å². The molecule has 2 heteroatoms. The summed E-state index contributed by atoms with van der Waals surface area (Å²) in [6.07, 6.45) is 0. The van der Waals surface area contributed by atoms with Crippen LogP contribution >= 0.6 is 0 Å². The summed E-state index contributed by atoms with van der Waals surface area (Å²) in [4.78, 5) is 1.89. The minimum Gasteiger partial charge on any atom is -0.455 e. The van der Waals surface area contributed by atoms with Crippen molar-refractivity contribution in [3.8, 4) is 33.4 Å². The molecule has 0 aliphatic heterocycles. The third-order valence-electron chi connectivity index (χ3n) is 10.9. The molecule has 2 nitrogen and oxygen atoms in total. The Kier molecular flexibility index (Phi) is 6.60. The van der Waals surface area contributed by atoms with Gasteiger partial charge in [-0.05, 0) is 109 Å². The predicted molar refractivity (Wildman–Crippen MR) is 237 cm³/mol. The summed E-state index contributed by atoms with van der Waals surface area (Å²) in [6.45, 7) is 0. The lowest BCUT2D eigenvalue weighted by Crippen LogP contribution is -2.11. The van der Waals surface area contributed by atoms with Crippen LogP contribution in [0.15, 0.2) is 217 Å². The van der Waals surface area contributed by atoms with Crippen LogP contribution in [0.4, 0.5) is 17.1 Å². The Bertz CT molecular complexity index is 3460. The number of hydrogen-bond donors (Lipinski definition) is 0. The molecule has 0 N–H and O–H groups in total. The van der Waals surface area contributed by atoms with Gasteiger partial charge in [-0.2, -0.15) is 0 Å². The molecule has 10 aromatic carbocycles. The first-order valence-electron chi connectivity index (χ1n) is 20.8. The molecule has 56 heavy (non-hydrogen) atoms. The summed E-state index contributed by atoms with van der Waals surface area (Å²) in [7, 11) is 0. The lowest BCUT2D eigenvalue weighted by atomic mass is 9.96. The fourth-order valence-electron chi connectivity index (χ4n) is 8.15. The summed E-state index contributed by atoms with van der Waals surface area (Å²) in [5.41, 5.74) is 8.05. The summed E-state index contributed by atoms with van der Waals surface area (Å²) < 4.78 is 44.7. The Morgan fingerprint density at radius 2 is 0.982 bits per heavy atom. The lowest BCUT2D eigenvalue weighted by Gasteiger charge is -2.28. The predicted octanol–water partition coefficient (Wildman–Crippen LogP) is 15.5. The van der Waals surface area contributed by atoms with Gasteiger partial charge in [0.25, 0.3) is 0 Å². The zero-order valence-corrected chi connectivity index (χ0v) is 30.3. The normalized spacial score (nSPS) is 12.6. The standard InChI is InChI=1S/C54H35NO/c1-2-12-41-34-42(22-20-36(41)10-1)37-24-29-44(30-25-37)55(45-31-26-39(27-32-45)47-17-9-13-38-11-3-4-14-46(38)47)52-18-7-5-15-48(52)43-23-21-40-28-33-50-49-16-6-8-19-53(49)56-54(50)51(40)35-43/h1-35H/i24D,25D,29D,30D. The van der Waals surface area contributed by atoms with Gasteiger partial charge in [-0.25, -0.2) is 0 Å². The van der Waals surface area contributed by atoms with Gasteiger partial charge in [0.1, 0.15) is 11.2 Å². The van der Waals surface area contributed by atoms with Crippen molar-refractivity contribution in [2.75, 3.05) is 4.90 Å². The number of rotatable bonds is 6. The first-order chi connectivity index (χ1) is 29.4. The first kappa shape index (κ1) is 28.1. The Hall–Kier alpha value is -7.42. The highest BCUT2D eigenvalue weighted by Gasteiger charge is 2.19. The number of benzene rings is 10. The number of hydrogen-bond acceptors (Lipinski definition) is 2. The van der Waals surface area contributed by atoms with Gasteiger partial charge in [0.2, 0.25) is 0 Å². The molecule has 0 saturated heterocycles. The van der Waals surface area contributed by atoms with E-state index in [4.69, 9.17) is 4.42 Å². The van der Waals surface area contributed by atoms with E-state index in [2.05, 4.69) is 84.9 Å². The zero-order valence-electron chi connectivity index (χ0n) is 34.3. The van der Waals surface area contributed by atoms with E-state index in [1.54, 1.807) is 0 Å². The van der Waals surface area contributed by atoms with Gasteiger partial charge in [-0.15, -0.1) is 0 Å². The van der Waals surface area contributed by atoms with E-state index in [0.29, 0.717) is 16.9 Å². The van der Waals surface area contributed by atoms with Gasteiger partial charge >= 0.3 is 0 Å². The highest BCUT2D eigenvalue weighted by molar-refractivity contribution is 6.15. The highest BCUT2D eigenvalue weighted by Crippen LogP contribution is 2.44. The van der Waals surface area contributed by atoms with E-state index in [-0.39, 0.29) is 35.4 Å². The van der Waals surface area contributed by atoms with Crippen molar-refractivity contribution in [1.82, 2.24) is 0 Å². The molecule has 0 spiro atoms. The van der Waals surface area contributed by atoms with Crippen molar-refractivity contribution in [2.24, 2.45) is 0 Å². The molecule has 0 unspecified atom stereocenters. The molecule has 0 radical (unpaired) electrons. The van der Waals surface area contributed by atoms with Crippen LogP contribution in [0.25, 0.3) is 87.6 Å². The lowest BCUT2D eigenvalue weighted by molar-refractivity contribution is 0.672. The second kappa shape index (κ2) is 13.2. The molecule has 0 saturated carbocycles. The maximum Gasteiger partial charge on any atom is 0.143 e. The Morgan fingerprint density at radius 1 is 0.357 bits per heavy atom. The first-order valence-corrected chi connectivity index (χ1v) is 18.8. The number of nitrogens with zero attached hydrogens (tertiary/aromatic N) is 1. The molecule has 1 heterocycles. The second-order valence-electron chi connectivity index (χ2n) is 14.2. The highest BCUT2D eigenvalue weighted by atomic mass is 16.3. The molecular weight excluding hydrogens is 679 g/mol. The van der Waals surface area contributed by atoms with Crippen molar-refractivity contribution in [3.63, 3.8) is 0 Å². The van der Waals surface area contributed by atoms with Gasteiger partial charge in [0.05, 0.1) is 11.2 Å². The number of furan rings is 1. The van der Waals surface area contributed by atoms with E-state index >= 15 is 0 Å². The van der Waals surface area contributed by atoms with Gasteiger partial charge in [-0.3, -0.25) is 0 Å². The smallest absolute Gasteiger partial charge is 0.143 e. The maximum atomic E-state index is 9.66. The van der Waals surface area contributed by atoms with Gasteiger partial charge < -0.3 is 9.32 Å². The van der Waals surface area contributed by atoms with E-state index < -0.39 is 0 Å². The number of anilines is 3. The summed E-state index contributed by atoms with van der Waals surface area (Å²) in [5, 5.41) is 8.44. The molecule has 1 aromatic heterocycles. The van der Waals surface area contributed by atoms with Gasteiger partial charge in [0, 0.05) is 33.1 Å². The van der Waals surface area contributed by atoms with Crippen molar-refractivity contribution in [3.05, 3.63) is 212 Å². The molecule has 0 atom stereocenters. The molecule has 0 fully saturated rings. The summed E-state index contributed by atoms with van der Waals surface area (Å²) in [5.74, 6) is 0. The number of fused-ring (bicyclic) bond motifs is 7. The molecular formula is C54H35NO. The zero-order chi connectivity index (χ0) is 40.5. The topological polar surface area (TPSA) is 16.4 Å². The average molecular weight is 718 g/mol. The van der Waals surface area contributed by atoms with Crippen LogP contribution in [0.5, 0.6) is 0 Å². The molecule has 0 bridgehead atoms. The van der Waals surface area contributed by atoms with E-state index in [1.165, 1.54) is 0 Å². The SMILES string of the molecule is [2H]c1c([2H])c(N(c2ccc(-c3cccc4ccccc34)cc2)c2ccccc2-c2ccc3ccc4c5ccccc5oc4c3c2)c([2H])c([2H])c1-c1ccc2ccccc2c1. The minimum atomic E-state index is -0.130. The largest absolute Gasteiger partial charge is 0.455 e. The van der Waals surface area contributed by atoms with Crippen LogP contribution in [-0.4, -0.2) is 0 Å². The van der Waals surface area contributed by atoms with Crippen molar-refractivity contribution in [2.45, 2.75) is 0 Å². The van der Waals surface area contributed by atoms with Crippen molar-refractivity contribution >= 4 is 71.3 Å². The van der Waals surface area contributed by atoms with Gasteiger partial charge in [0.15, 0.2) is 0 Å². The van der Waals surface area contributed by atoms with Crippen LogP contribution in [0.1, 0.15) is 5.48 Å². The van der Waals surface area contributed by atoms with Crippen LogP contribution < -0.4 is 4.90 Å². The van der Waals surface area contributed by atoms with E-state index in [1.807, 2.05) is 108 Å². The molecule has 262 valence electrons. The van der Waals surface area contributed by atoms with Crippen molar-refractivity contribution < 1.29 is 9.90 Å². The van der Waals surface area contributed by atoms with E-state index in [0.717, 1.165) is 76.5 Å². The van der Waals surface area contributed by atoms with E-state index in [9.17, 15) is 5.48 Å². The quantitative estimate of drug-likeness (QED) is 0.170. The maximum absolute atomic E-state index is 9.66. The van der Waals surface area contributed by atoms with Gasteiger partial charge in [-0.1, -0.05) is 158 Å². The molecule has 11 rings (SSSR count). The third-order valence-corrected chi connectivity index (χ3v) is 10.9. The molecule has 0 amide bonds. The monoisotopic (exact) mass is 717 g/mol. The Balaban J connectivity index is 1.12. The molecule has 0 aliphatic carbocycles. The molecule has 11 aromatic rings. The summed E-state index contributed by atoms with van der Waals surface area (Å²) in [6, 6.07) is 62.7. The number of para-hydroxylation sites is 2. The average Bonchev–Trinajstić information content (AvgIpc) is 3.69. The van der Waals surface area contributed by atoms with Crippen LogP contribution in [0.2, 0.25) is 0 Å². The fraction of sp³-hybridized carbons (Fsp3) is 0. The minimum absolute atomic E-state index is 0.103. The molecule has 0 aliphatic rings. The Labute approximate surface area is 330 Å².